The maximum atomic E-state index is 10.2. The zero-order valence-electron chi connectivity index (χ0n) is 17.7. The molecule has 5 rings (SSSR count). The van der Waals surface area contributed by atoms with Crippen LogP contribution in [0.3, 0.4) is 0 Å². The number of rotatable bonds is 7. The molecule has 2 aromatic heterocycles. The Morgan fingerprint density at radius 1 is 1.18 bits per heavy atom. The lowest BCUT2D eigenvalue weighted by Gasteiger charge is -2.09. The van der Waals surface area contributed by atoms with Crippen LogP contribution < -0.4 is 14.2 Å². The van der Waals surface area contributed by atoms with Crippen molar-refractivity contribution >= 4 is 39.0 Å². The maximum Gasteiger partial charge on any atom is 0.231 e. The van der Waals surface area contributed by atoms with Crippen molar-refractivity contribution in [1.82, 2.24) is 19.7 Å². The summed E-state index contributed by atoms with van der Waals surface area (Å²) in [6, 6.07) is 9.40. The lowest BCUT2D eigenvalue weighted by Crippen LogP contribution is -1.95. The van der Waals surface area contributed by atoms with Crippen LogP contribution in [0.25, 0.3) is 22.0 Å². The zero-order valence-corrected chi connectivity index (χ0v) is 21.0. The smallest absolute Gasteiger partial charge is 0.231 e. The third-order valence-electron chi connectivity index (χ3n) is 4.94. The van der Waals surface area contributed by atoms with E-state index in [1.54, 1.807) is 29.2 Å². The third-order valence-corrected chi connectivity index (χ3v) is 7.54. The van der Waals surface area contributed by atoms with Gasteiger partial charge in [0.2, 0.25) is 6.79 Å². The molecular formula is C22H19BrN4O4S2. The standard InChI is InChI=1S/C22H19BrN4O4S2/c1-3-29-18-8-13(6-15(23)19(18)28)21-24-14(9-32-21)10-33-22-26-25-20(27(22)2)12-4-5-16-17(7-12)31-11-30-16/h4-9,28H,3,10-11H2,1-2H3. The molecule has 2 aromatic carbocycles. The monoisotopic (exact) mass is 546 g/mol. The summed E-state index contributed by atoms with van der Waals surface area (Å²) in [6.45, 7) is 2.58. The van der Waals surface area contributed by atoms with Crippen LogP contribution in [-0.4, -0.2) is 38.3 Å². The molecular weight excluding hydrogens is 528 g/mol. The van der Waals surface area contributed by atoms with Gasteiger partial charge in [0.05, 0.1) is 16.8 Å². The van der Waals surface area contributed by atoms with Gasteiger partial charge in [0.15, 0.2) is 34.0 Å². The summed E-state index contributed by atoms with van der Waals surface area (Å²) in [5, 5.41) is 22.5. The number of ether oxygens (including phenoxy) is 3. The van der Waals surface area contributed by atoms with Crippen molar-refractivity contribution in [1.29, 1.82) is 0 Å². The lowest BCUT2D eigenvalue weighted by atomic mass is 10.2. The number of thioether (sulfide) groups is 1. The van der Waals surface area contributed by atoms with E-state index in [0.717, 1.165) is 38.6 Å². The van der Waals surface area contributed by atoms with Gasteiger partial charge < -0.3 is 23.9 Å². The highest BCUT2D eigenvalue weighted by molar-refractivity contribution is 9.10. The molecule has 0 bridgehead atoms. The van der Waals surface area contributed by atoms with Gasteiger partial charge in [0.25, 0.3) is 0 Å². The number of aromatic nitrogens is 4. The van der Waals surface area contributed by atoms with E-state index in [2.05, 4.69) is 26.1 Å². The minimum absolute atomic E-state index is 0.0912. The molecule has 3 heterocycles. The van der Waals surface area contributed by atoms with Crippen LogP contribution in [0.2, 0.25) is 0 Å². The first-order chi connectivity index (χ1) is 16.0. The van der Waals surface area contributed by atoms with Crippen LogP contribution in [0.4, 0.5) is 0 Å². The van der Waals surface area contributed by atoms with Gasteiger partial charge in [-0.1, -0.05) is 11.8 Å². The van der Waals surface area contributed by atoms with Gasteiger partial charge in [-0.25, -0.2) is 4.98 Å². The van der Waals surface area contributed by atoms with E-state index in [9.17, 15) is 5.11 Å². The fraction of sp³-hybridized carbons (Fsp3) is 0.227. The zero-order chi connectivity index (χ0) is 22.9. The molecule has 0 spiro atoms. The van der Waals surface area contributed by atoms with Gasteiger partial charge in [-0.15, -0.1) is 21.5 Å². The predicted octanol–water partition coefficient (Wildman–Crippen LogP) is 5.49. The second-order valence-corrected chi connectivity index (χ2v) is 9.76. The van der Waals surface area contributed by atoms with Crippen LogP contribution >= 0.6 is 39.0 Å². The molecule has 0 amide bonds. The summed E-state index contributed by atoms with van der Waals surface area (Å²) in [7, 11) is 1.94. The number of halogens is 1. The number of thiazole rings is 1. The second-order valence-electron chi connectivity index (χ2n) is 7.10. The summed E-state index contributed by atoms with van der Waals surface area (Å²) in [4.78, 5) is 4.75. The van der Waals surface area contributed by atoms with Gasteiger partial charge >= 0.3 is 0 Å². The van der Waals surface area contributed by atoms with Gasteiger partial charge in [-0.05, 0) is 53.2 Å². The fourth-order valence-corrected chi connectivity index (χ4v) is 5.49. The highest BCUT2D eigenvalue weighted by Gasteiger charge is 2.18. The lowest BCUT2D eigenvalue weighted by molar-refractivity contribution is 0.174. The number of benzene rings is 2. The molecule has 0 fully saturated rings. The Hall–Kier alpha value is -2.76. The van der Waals surface area contributed by atoms with E-state index in [-0.39, 0.29) is 12.5 Å². The Bertz CT molecular complexity index is 1320. The highest BCUT2D eigenvalue weighted by Crippen LogP contribution is 2.40. The molecule has 0 saturated heterocycles. The number of phenols is 1. The van der Waals surface area contributed by atoms with E-state index in [1.807, 2.05) is 48.2 Å². The molecule has 11 heteroatoms. The molecule has 33 heavy (non-hydrogen) atoms. The first-order valence-electron chi connectivity index (χ1n) is 10.1. The minimum Gasteiger partial charge on any atom is -0.503 e. The van der Waals surface area contributed by atoms with E-state index < -0.39 is 0 Å². The van der Waals surface area contributed by atoms with Gasteiger partial charge in [-0.2, -0.15) is 0 Å². The number of phenolic OH excluding ortho intramolecular Hbond substituents is 1. The third kappa shape index (κ3) is 4.40. The first kappa shape index (κ1) is 22.1. The van der Waals surface area contributed by atoms with Crippen molar-refractivity contribution < 1.29 is 19.3 Å². The summed E-state index contributed by atoms with van der Waals surface area (Å²) in [5.74, 6) is 3.39. The van der Waals surface area contributed by atoms with E-state index >= 15 is 0 Å². The molecule has 4 aromatic rings. The first-order valence-corrected chi connectivity index (χ1v) is 12.7. The molecule has 0 radical (unpaired) electrons. The SMILES string of the molecule is CCOc1cc(-c2nc(CSc3nnc(-c4ccc5c(c4)OCO5)n3C)cs2)cc(Br)c1O. The summed E-state index contributed by atoms with van der Waals surface area (Å²) in [6.07, 6.45) is 0. The Morgan fingerprint density at radius 2 is 2.03 bits per heavy atom. The van der Waals surface area contributed by atoms with Gasteiger partial charge in [0, 0.05) is 29.3 Å². The topological polar surface area (TPSA) is 91.5 Å². The van der Waals surface area contributed by atoms with Crippen molar-refractivity contribution in [2.45, 2.75) is 17.8 Å². The van der Waals surface area contributed by atoms with E-state index in [4.69, 9.17) is 19.2 Å². The molecule has 0 atom stereocenters. The van der Waals surface area contributed by atoms with Crippen LogP contribution in [0.5, 0.6) is 23.0 Å². The Morgan fingerprint density at radius 3 is 2.88 bits per heavy atom. The van der Waals surface area contributed by atoms with Crippen molar-refractivity contribution in [3.05, 3.63) is 45.9 Å². The number of nitrogens with zero attached hydrogens (tertiary/aromatic N) is 4. The number of fused-ring (bicyclic) bond motifs is 1. The largest absolute Gasteiger partial charge is 0.503 e. The summed E-state index contributed by atoms with van der Waals surface area (Å²) < 4.78 is 18.9. The Labute approximate surface area is 206 Å². The molecule has 0 saturated carbocycles. The van der Waals surface area contributed by atoms with Crippen LogP contribution in [-0.2, 0) is 12.8 Å². The molecule has 1 aliphatic rings. The average molecular weight is 547 g/mol. The maximum absolute atomic E-state index is 10.2. The van der Waals surface area contributed by atoms with Crippen LogP contribution in [0.15, 0.2) is 45.3 Å². The Kier molecular flexibility index (Phi) is 6.17. The summed E-state index contributed by atoms with van der Waals surface area (Å²) in [5.41, 5.74) is 2.74. The second kappa shape index (κ2) is 9.24. The molecule has 8 nitrogen and oxygen atoms in total. The van der Waals surface area contributed by atoms with Crippen LogP contribution in [0.1, 0.15) is 12.6 Å². The Balaban J connectivity index is 1.31. The van der Waals surface area contributed by atoms with Crippen molar-refractivity contribution in [2.75, 3.05) is 13.4 Å². The highest BCUT2D eigenvalue weighted by atomic mass is 79.9. The molecule has 0 aliphatic carbocycles. The van der Waals surface area contributed by atoms with Crippen molar-refractivity contribution in [3.63, 3.8) is 0 Å². The quantitative estimate of drug-likeness (QED) is 0.304. The van der Waals surface area contributed by atoms with Crippen molar-refractivity contribution in [2.24, 2.45) is 7.05 Å². The van der Waals surface area contributed by atoms with Gasteiger partial charge in [0.1, 0.15) is 5.01 Å². The fourth-order valence-electron chi connectivity index (χ4n) is 3.33. The van der Waals surface area contributed by atoms with Gasteiger partial charge in [-0.3, -0.25) is 0 Å². The molecule has 1 N–H and O–H groups in total. The average Bonchev–Trinajstić information content (AvgIpc) is 3.55. The number of aromatic hydroxyl groups is 1. The predicted molar refractivity (Wildman–Crippen MR) is 130 cm³/mol. The van der Waals surface area contributed by atoms with Crippen LogP contribution in [0, 0.1) is 0 Å². The molecule has 170 valence electrons. The molecule has 1 aliphatic heterocycles. The summed E-state index contributed by atoms with van der Waals surface area (Å²) >= 11 is 6.50. The normalized spacial score (nSPS) is 12.3. The van der Waals surface area contributed by atoms with Crippen molar-refractivity contribution in [3.8, 4) is 45.0 Å². The van der Waals surface area contributed by atoms with E-state index in [1.165, 1.54) is 0 Å². The molecule has 0 unspecified atom stereocenters. The number of hydrogen-bond acceptors (Lipinski definition) is 9. The van der Waals surface area contributed by atoms with E-state index in [0.29, 0.717) is 28.3 Å². The number of hydrogen-bond donors (Lipinski definition) is 1. The minimum atomic E-state index is 0.0912.